The van der Waals surface area contributed by atoms with Gasteiger partial charge < -0.3 is 9.47 Å². The smallest absolute Gasteiger partial charge is 0.129 e. The van der Waals surface area contributed by atoms with Crippen molar-refractivity contribution >= 4 is 11.6 Å². The topological polar surface area (TPSA) is 18.5 Å². The third-order valence-corrected chi connectivity index (χ3v) is 3.63. The van der Waals surface area contributed by atoms with Gasteiger partial charge in [0.15, 0.2) is 0 Å². The van der Waals surface area contributed by atoms with Gasteiger partial charge in [-0.25, -0.2) is 0 Å². The van der Waals surface area contributed by atoms with E-state index in [0.29, 0.717) is 0 Å². The maximum atomic E-state index is 6.14. The Morgan fingerprint density at radius 3 is 2.35 bits per heavy atom. The van der Waals surface area contributed by atoms with Crippen LogP contribution in [0.15, 0.2) is 48.5 Å². The molecule has 3 rings (SSSR count). The zero-order chi connectivity index (χ0) is 14.2. The van der Waals surface area contributed by atoms with Crippen molar-refractivity contribution in [2.75, 3.05) is 7.11 Å². The van der Waals surface area contributed by atoms with Gasteiger partial charge in [-0.15, -0.1) is 0 Å². The number of ether oxygens (including phenoxy) is 2. The molecule has 20 heavy (non-hydrogen) atoms. The molecule has 2 heteroatoms. The van der Waals surface area contributed by atoms with Crippen LogP contribution in [0.25, 0.3) is 11.6 Å². The van der Waals surface area contributed by atoms with E-state index in [4.69, 9.17) is 9.47 Å². The summed E-state index contributed by atoms with van der Waals surface area (Å²) in [5, 5.41) is 0. The minimum Gasteiger partial charge on any atom is -0.497 e. The predicted molar refractivity (Wildman–Crippen MR) is 82.0 cm³/mol. The molecule has 0 atom stereocenters. The van der Waals surface area contributed by atoms with Gasteiger partial charge in [-0.2, -0.15) is 0 Å². The first-order chi connectivity index (χ1) is 9.60. The van der Waals surface area contributed by atoms with Gasteiger partial charge in [0.1, 0.15) is 17.1 Å². The lowest BCUT2D eigenvalue weighted by atomic mass is 9.87. The van der Waals surface area contributed by atoms with Crippen molar-refractivity contribution in [2.24, 2.45) is 0 Å². The summed E-state index contributed by atoms with van der Waals surface area (Å²) in [6, 6.07) is 16.2. The fraction of sp³-hybridized carbons (Fsp3) is 0.222. The molecule has 0 spiro atoms. The van der Waals surface area contributed by atoms with Crippen LogP contribution in [0.1, 0.15) is 25.0 Å². The molecule has 0 fully saturated rings. The first-order valence-electron chi connectivity index (χ1n) is 6.75. The zero-order valence-corrected chi connectivity index (χ0v) is 12.0. The van der Waals surface area contributed by atoms with Crippen molar-refractivity contribution in [1.82, 2.24) is 0 Å². The molecule has 0 bridgehead atoms. The maximum absolute atomic E-state index is 6.14. The molecule has 2 aromatic carbocycles. The van der Waals surface area contributed by atoms with Gasteiger partial charge in [-0.3, -0.25) is 0 Å². The second-order valence-electron chi connectivity index (χ2n) is 5.44. The van der Waals surface area contributed by atoms with Crippen molar-refractivity contribution in [2.45, 2.75) is 19.4 Å². The Morgan fingerprint density at radius 1 is 0.950 bits per heavy atom. The molecule has 1 aliphatic rings. The molecule has 0 amide bonds. The molecule has 0 saturated heterocycles. The van der Waals surface area contributed by atoms with Crippen LogP contribution in [0.2, 0.25) is 0 Å². The second kappa shape index (κ2) is 4.71. The predicted octanol–water partition coefficient (Wildman–Crippen LogP) is 4.41. The first-order valence-corrected chi connectivity index (χ1v) is 6.75. The van der Waals surface area contributed by atoms with Crippen molar-refractivity contribution in [3.8, 4) is 11.5 Å². The van der Waals surface area contributed by atoms with E-state index in [9.17, 15) is 0 Å². The monoisotopic (exact) mass is 266 g/mol. The van der Waals surface area contributed by atoms with Crippen LogP contribution in [-0.2, 0) is 0 Å². The Hall–Kier alpha value is -2.22. The minimum absolute atomic E-state index is 0.344. The highest BCUT2D eigenvalue weighted by molar-refractivity contribution is 5.89. The Kier molecular flexibility index (Phi) is 3.01. The molecule has 102 valence electrons. The molecule has 0 saturated carbocycles. The maximum Gasteiger partial charge on any atom is 0.129 e. The molecule has 2 aromatic rings. The number of benzene rings is 2. The lowest BCUT2D eigenvalue weighted by Crippen LogP contribution is -2.32. The van der Waals surface area contributed by atoms with E-state index in [0.717, 1.165) is 22.6 Å². The fourth-order valence-electron chi connectivity index (χ4n) is 2.55. The highest BCUT2D eigenvalue weighted by Gasteiger charge is 2.30. The largest absolute Gasteiger partial charge is 0.497 e. The average Bonchev–Trinajstić information content (AvgIpc) is 2.46. The average molecular weight is 266 g/mol. The van der Waals surface area contributed by atoms with E-state index in [1.807, 2.05) is 30.3 Å². The summed E-state index contributed by atoms with van der Waals surface area (Å²) in [4.78, 5) is 0. The molecular formula is C18H18O2. The van der Waals surface area contributed by atoms with E-state index >= 15 is 0 Å². The van der Waals surface area contributed by atoms with Crippen LogP contribution in [0, 0.1) is 0 Å². The van der Waals surface area contributed by atoms with Gasteiger partial charge in [0.25, 0.3) is 0 Å². The second-order valence-corrected chi connectivity index (χ2v) is 5.44. The molecule has 0 aromatic heterocycles. The van der Waals surface area contributed by atoms with Crippen LogP contribution < -0.4 is 9.47 Å². The standard InChI is InChI=1S/C18H18O2/c1-18(2)16(13-8-10-15(19-3)11-9-13)12-14-6-4-5-7-17(14)20-18/h4-12H,1-3H3. The Labute approximate surface area is 119 Å². The third-order valence-electron chi connectivity index (χ3n) is 3.63. The van der Waals surface area contributed by atoms with Crippen LogP contribution in [0.3, 0.4) is 0 Å². The quantitative estimate of drug-likeness (QED) is 0.801. The van der Waals surface area contributed by atoms with E-state index in [1.165, 1.54) is 5.57 Å². The molecular weight excluding hydrogens is 248 g/mol. The molecule has 0 unspecified atom stereocenters. The fourth-order valence-corrected chi connectivity index (χ4v) is 2.55. The van der Waals surface area contributed by atoms with Gasteiger partial charge in [-0.1, -0.05) is 30.3 Å². The van der Waals surface area contributed by atoms with Crippen LogP contribution >= 0.6 is 0 Å². The highest BCUT2D eigenvalue weighted by Crippen LogP contribution is 2.40. The summed E-state index contributed by atoms with van der Waals surface area (Å²) in [6.07, 6.45) is 2.21. The summed E-state index contributed by atoms with van der Waals surface area (Å²) in [7, 11) is 1.68. The number of methoxy groups -OCH3 is 1. The van der Waals surface area contributed by atoms with Crippen LogP contribution in [0.5, 0.6) is 11.5 Å². The van der Waals surface area contributed by atoms with E-state index in [2.05, 4.69) is 38.1 Å². The Morgan fingerprint density at radius 2 is 1.65 bits per heavy atom. The highest BCUT2D eigenvalue weighted by atomic mass is 16.5. The Bertz CT molecular complexity index is 651. The summed E-state index contributed by atoms with van der Waals surface area (Å²) in [5.74, 6) is 1.80. The molecule has 1 heterocycles. The zero-order valence-electron chi connectivity index (χ0n) is 12.0. The Balaban J connectivity index is 2.08. The third kappa shape index (κ3) is 2.18. The van der Waals surface area contributed by atoms with Crippen molar-refractivity contribution in [3.63, 3.8) is 0 Å². The first kappa shape index (κ1) is 12.8. The number of hydrogen-bond acceptors (Lipinski definition) is 2. The van der Waals surface area contributed by atoms with Crippen molar-refractivity contribution < 1.29 is 9.47 Å². The number of fused-ring (bicyclic) bond motifs is 1. The number of hydrogen-bond donors (Lipinski definition) is 0. The van der Waals surface area contributed by atoms with E-state index < -0.39 is 0 Å². The summed E-state index contributed by atoms with van der Waals surface area (Å²) in [5.41, 5.74) is 3.12. The summed E-state index contributed by atoms with van der Waals surface area (Å²) >= 11 is 0. The van der Waals surface area contributed by atoms with Gasteiger partial charge >= 0.3 is 0 Å². The van der Waals surface area contributed by atoms with Gasteiger partial charge in [-0.05, 0) is 43.7 Å². The van der Waals surface area contributed by atoms with Crippen molar-refractivity contribution in [1.29, 1.82) is 0 Å². The van der Waals surface area contributed by atoms with Gasteiger partial charge in [0.2, 0.25) is 0 Å². The SMILES string of the molecule is COc1ccc(C2=Cc3ccccc3OC2(C)C)cc1. The molecule has 0 N–H and O–H groups in total. The molecule has 0 radical (unpaired) electrons. The van der Waals surface area contributed by atoms with Crippen LogP contribution in [-0.4, -0.2) is 12.7 Å². The van der Waals surface area contributed by atoms with Gasteiger partial charge in [0.05, 0.1) is 7.11 Å². The lowest BCUT2D eigenvalue weighted by Gasteiger charge is -2.34. The van der Waals surface area contributed by atoms with E-state index in [-0.39, 0.29) is 5.60 Å². The van der Waals surface area contributed by atoms with Gasteiger partial charge in [0, 0.05) is 11.1 Å². The normalized spacial score (nSPS) is 15.8. The lowest BCUT2D eigenvalue weighted by molar-refractivity contribution is 0.169. The summed E-state index contributed by atoms with van der Waals surface area (Å²) in [6.45, 7) is 4.19. The van der Waals surface area contributed by atoms with Crippen LogP contribution in [0.4, 0.5) is 0 Å². The van der Waals surface area contributed by atoms with Crippen molar-refractivity contribution in [3.05, 3.63) is 59.7 Å². The number of rotatable bonds is 2. The van der Waals surface area contributed by atoms with E-state index in [1.54, 1.807) is 7.11 Å². The minimum atomic E-state index is -0.344. The summed E-state index contributed by atoms with van der Waals surface area (Å²) < 4.78 is 11.4. The molecule has 0 aliphatic carbocycles. The number of para-hydroxylation sites is 1. The molecule has 1 aliphatic heterocycles. The molecule has 2 nitrogen and oxygen atoms in total.